The van der Waals surface area contributed by atoms with E-state index in [1.807, 2.05) is 36.4 Å². The molecule has 2 rings (SSSR count). The number of benzene rings is 2. The molecule has 0 heterocycles. The van der Waals surface area contributed by atoms with Gasteiger partial charge in [-0.05, 0) is 29.8 Å². The number of anilines is 2. The van der Waals surface area contributed by atoms with Crippen LogP contribution in [0.4, 0.5) is 11.4 Å². The molecule has 0 bridgehead atoms. The van der Waals surface area contributed by atoms with Crippen LogP contribution in [0.3, 0.4) is 0 Å². The Labute approximate surface area is 114 Å². The number of carbonyl (C=O) groups is 1. The Morgan fingerprint density at radius 3 is 2.50 bits per heavy atom. The van der Waals surface area contributed by atoms with Crippen LogP contribution in [0.25, 0.3) is 0 Å². The summed E-state index contributed by atoms with van der Waals surface area (Å²) in [5.74, 6) is -0.195. The molecule has 3 nitrogen and oxygen atoms in total. The fourth-order valence-corrected chi connectivity index (χ4v) is 1.97. The molecule has 0 radical (unpaired) electrons. The van der Waals surface area contributed by atoms with Crippen molar-refractivity contribution < 1.29 is 4.79 Å². The number of para-hydroxylation sites is 1. The van der Waals surface area contributed by atoms with Crippen molar-refractivity contribution in [2.45, 2.75) is 5.33 Å². The lowest BCUT2D eigenvalue weighted by Gasteiger charge is -2.08. The molecule has 0 aliphatic rings. The second kappa shape index (κ2) is 5.69. The van der Waals surface area contributed by atoms with Gasteiger partial charge in [-0.25, -0.2) is 0 Å². The summed E-state index contributed by atoms with van der Waals surface area (Å²) < 4.78 is 0. The Morgan fingerprint density at radius 1 is 1.17 bits per heavy atom. The Balaban J connectivity index is 2.19. The van der Waals surface area contributed by atoms with E-state index in [9.17, 15) is 4.79 Å². The normalized spacial score (nSPS) is 10.1. The maximum atomic E-state index is 12.0. The van der Waals surface area contributed by atoms with Crippen LogP contribution in [-0.4, -0.2) is 5.91 Å². The lowest BCUT2D eigenvalue weighted by atomic mass is 10.1. The fraction of sp³-hybridized carbons (Fsp3) is 0.0714. The molecule has 2 aromatic rings. The van der Waals surface area contributed by atoms with Gasteiger partial charge in [0.05, 0.1) is 5.56 Å². The summed E-state index contributed by atoms with van der Waals surface area (Å²) in [6.45, 7) is 0. The molecule has 0 spiro atoms. The Hall–Kier alpha value is -1.81. The number of halogens is 1. The largest absolute Gasteiger partial charge is 0.398 e. The lowest BCUT2D eigenvalue weighted by molar-refractivity contribution is 0.102. The highest BCUT2D eigenvalue weighted by Gasteiger charge is 2.10. The number of hydrogen-bond acceptors (Lipinski definition) is 2. The van der Waals surface area contributed by atoms with Crippen LogP contribution in [0.15, 0.2) is 48.5 Å². The molecule has 2 aromatic carbocycles. The third kappa shape index (κ3) is 2.90. The van der Waals surface area contributed by atoms with E-state index in [0.717, 1.165) is 16.6 Å². The van der Waals surface area contributed by atoms with Crippen molar-refractivity contribution in [2.75, 3.05) is 11.1 Å². The van der Waals surface area contributed by atoms with Crippen molar-refractivity contribution in [3.05, 3.63) is 59.7 Å². The topological polar surface area (TPSA) is 55.1 Å². The number of nitrogens with two attached hydrogens (primary N) is 1. The molecule has 0 aliphatic carbocycles. The summed E-state index contributed by atoms with van der Waals surface area (Å²) in [7, 11) is 0. The highest BCUT2D eigenvalue weighted by Crippen LogP contribution is 2.18. The van der Waals surface area contributed by atoms with E-state index < -0.39 is 0 Å². The van der Waals surface area contributed by atoms with Crippen molar-refractivity contribution in [1.82, 2.24) is 0 Å². The maximum absolute atomic E-state index is 12.0. The third-order valence-corrected chi connectivity index (χ3v) is 3.19. The molecule has 92 valence electrons. The van der Waals surface area contributed by atoms with Crippen molar-refractivity contribution in [3.63, 3.8) is 0 Å². The second-order valence-electron chi connectivity index (χ2n) is 3.88. The molecule has 0 atom stereocenters. The fourth-order valence-electron chi connectivity index (χ4n) is 1.62. The molecule has 0 saturated carbocycles. The molecule has 0 aromatic heterocycles. The molecule has 0 saturated heterocycles. The van der Waals surface area contributed by atoms with Gasteiger partial charge in [-0.1, -0.05) is 40.2 Å². The molecule has 4 heteroatoms. The zero-order chi connectivity index (χ0) is 13.0. The summed E-state index contributed by atoms with van der Waals surface area (Å²) in [5, 5.41) is 3.53. The number of rotatable bonds is 3. The first-order valence-electron chi connectivity index (χ1n) is 5.51. The van der Waals surface area contributed by atoms with Gasteiger partial charge in [-0.3, -0.25) is 4.79 Å². The van der Waals surface area contributed by atoms with Crippen LogP contribution in [0.1, 0.15) is 15.9 Å². The minimum absolute atomic E-state index is 0.195. The van der Waals surface area contributed by atoms with Crippen LogP contribution in [0.5, 0.6) is 0 Å². The van der Waals surface area contributed by atoms with Gasteiger partial charge >= 0.3 is 0 Å². The van der Waals surface area contributed by atoms with E-state index >= 15 is 0 Å². The first-order chi connectivity index (χ1) is 8.70. The molecular weight excluding hydrogens is 292 g/mol. The molecular formula is C14H13BrN2O. The monoisotopic (exact) mass is 304 g/mol. The van der Waals surface area contributed by atoms with Crippen molar-refractivity contribution in [1.29, 1.82) is 0 Å². The Morgan fingerprint density at radius 2 is 1.89 bits per heavy atom. The number of hydrogen-bond donors (Lipinski definition) is 2. The standard InChI is InChI=1S/C14H13BrN2O/c15-9-10-6-7-12(13(16)8-10)14(18)17-11-4-2-1-3-5-11/h1-8H,9,16H2,(H,17,18). The van der Waals surface area contributed by atoms with Crippen LogP contribution in [0, 0.1) is 0 Å². The molecule has 18 heavy (non-hydrogen) atoms. The van der Waals surface area contributed by atoms with E-state index in [1.54, 1.807) is 12.1 Å². The molecule has 0 aliphatic heterocycles. The first kappa shape index (κ1) is 12.6. The third-order valence-electron chi connectivity index (χ3n) is 2.55. The highest BCUT2D eigenvalue weighted by atomic mass is 79.9. The summed E-state index contributed by atoms with van der Waals surface area (Å²) in [4.78, 5) is 12.0. The predicted molar refractivity (Wildman–Crippen MR) is 77.9 cm³/mol. The van der Waals surface area contributed by atoms with E-state index in [-0.39, 0.29) is 5.91 Å². The predicted octanol–water partition coefficient (Wildman–Crippen LogP) is 3.42. The van der Waals surface area contributed by atoms with E-state index in [1.165, 1.54) is 0 Å². The second-order valence-corrected chi connectivity index (χ2v) is 4.44. The van der Waals surface area contributed by atoms with Crippen molar-refractivity contribution in [2.24, 2.45) is 0 Å². The highest BCUT2D eigenvalue weighted by molar-refractivity contribution is 9.08. The number of alkyl halides is 1. The Bertz CT molecular complexity index is 555. The Kier molecular flexibility index (Phi) is 3.99. The lowest BCUT2D eigenvalue weighted by Crippen LogP contribution is -2.14. The molecule has 0 unspecified atom stereocenters. The maximum Gasteiger partial charge on any atom is 0.257 e. The van der Waals surface area contributed by atoms with E-state index in [2.05, 4.69) is 21.2 Å². The van der Waals surface area contributed by atoms with Gasteiger partial charge in [0.2, 0.25) is 0 Å². The van der Waals surface area contributed by atoms with Crippen molar-refractivity contribution >= 4 is 33.2 Å². The van der Waals surface area contributed by atoms with Gasteiger partial charge in [0, 0.05) is 16.7 Å². The number of nitrogens with one attached hydrogen (secondary N) is 1. The minimum atomic E-state index is -0.195. The molecule has 3 N–H and O–H groups in total. The number of nitrogen functional groups attached to an aromatic ring is 1. The van der Waals surface area contributed by atoms with Crippen LogP contribution < -0.4 is 11.1 Å². The van der Waals surface area contributed by atoms with Crippen LogP contribution in [-0.2, 0) is 5.33 Å². The smallest absolute Gasteiger partial charge is 0.257 e. The SMILES string of the molecule is Nc1cc(CBr)ccc1C(=O)Nc1ccccc1. The van der Waals surface area contributed by atoms with E-state index in [4.69, 9.17) is 5.73 Å². The van der Waals surface area contributed by atoms with Gasteiger partial charge in [-0.15, -0.1) is 0 Å². The molecule has 0 fully saturated rings. The van der Waals surface area contributed by atoms with E-state index in [0.29, 0.717) is 11.3 Å². The van der Waals surface area contributed by atoms with Crippen molar-refractivity contribution in [3.8, 4) is 0 Å². The van der Waals surface area contributed by atoms with Gasteiger partial charge in [0.15, 0.2) is 0 Å². The van der Waals surface area contributed by atoms with Gasteiger partial charge in [0.1, 0.15) is 0 Å². The van der Waals surface area contributed by atoms with Gasteiger partial charge < -0.3 is 11.1 Å². The summed E-state index contributed by atoms with van der Waals surface area (Å²) in [6.07, 6.45) is 0. The average molecular weight is 305 g/mol. The molecule has 1 amide bonds. The number of amides is 1. The van der Waals surface area contributed by atoms with Crippen LogP contribution in [0.2, 0.25) is 0 Å². The zero-order valence-corrected chi connectivity index (χ0v) is 11.3. The van der Waals surface area contributed by atoms with Crippen LogP contribution >= 0.6 is 15.9 Å². The minimum Gasteiger partial charge on any atom is -0.398 e. The average Bonchev–Trinajstić information content (AvgIpc) is 2.39. The summed E-state index contributed by atoms with van der Waals surface area (Å²) in [6, 6.07) is 14.7. The van der Waals surface area contributed by atoms with Gasteiger partial charge in [0.25, 0.3) is 5.91 Å². The quantitative estimate of drug-likeness (QED) is 0.674. The van der Waals surface area contributed by atoms with Gasteiger partial charge in [-0.2, -0.15) is 0 Å². The summed E-state index contributed by atoms with van der Waals surface area (Å²) in [5.41, 5.74) is 8.65. The summed E-state index contributed by atoms with van der Waals surface area (Å²) >= 11 is 3.35. The number of carbonyl (C=O) groups excluding carboxylic acids is 1. The first-order valence-corrected chi connectivity index (χ1v) is 6.63. The zero-order valence-electron chi connectivity index (χ0n) is 9.69.